The van der Waals surface area contributed by atoms with Crippen molar-refractivity contribution in [3.05, 3.63) is 47.5 Å². The number of hydrogen-bond acceptors (Lipinski definition) is 4. The number of nitrogen functional groups attached to an aromatic ring is 1. The van der Waals surface area contributed by atoms with E-state index < -0.39 is 10.0 Å². The number of benzene rings is 2. The van der Waals surface area contributed by atoms with E-state index in [1.807, 2.05) is 32.0 Å². The molecule has 0 atom stereocenters. The molecule has 0 aliphatic carbocycles. The lowest BCUT2D eigenvalue weighted by molar-refractivity contribution is 0.483. The molecular weight excluding hydrogens is 288 g/mol. The summed E-state index contributed by atoms with van der Waals surface area (Å²) in [5.74, 6) is 1.10. The monoisotopic (exact) mass is 306 g/mol. The van der Waals surface area contributed by atoms with Crippen LogP contribution in [0, 0.1) is 13.8 Å². The van der Waals surface area contributed by atoms with E-state index >= 15 is 0 Å². The highest BCUT2D eigenvalue weighted by Crippen LogP contribution is 2.30. The average Bonchev–Trinajstić information content (AvgIpc) is 2.40. The summed E-state index contributed by atoms with van der Waals surface area (Å²) in [6.45, 7) is 3.96. The van der Waals surface area contributed by atoms with Gasteiger partial charge in [-0.2, -0.15) is 0 Å². The van der Waals surface area contributed by atoms with Crippen molar-refractivity contribution in [2.75, 3.05) is 12.8 Å². The van der Waals surface area contributed by atoms with Gasteiger partial charge in [0.25, 0.3) is 0 Å². The number of nitrogens with two attached hydrogens (primary N) is 1. The molecule has 0 aliphatic rings. The van der Waals surface area contributed by atoms with Gasteiger partial charge in [-0.3, -0.25) is 0 Å². The van der Waals surface area contributed by atoms with E-state index in [0.717, 1.165) is 11.1 Å². The van der Waals surface area contributed by atoms with Crippen LogP contribution in [-0.4, -0.2) is 15.5 Å². The van der Waals surface area contributed by atoms with Crippen LogP contribution < -0.4 is 15.2 Å². The first-order valence-electron chi connectivity index (χ1n) is 6.41. The third-order valence-corrected chi connectivity index (χ3v) is 4.40. The van der Waals surface area contributed by atoms with Gasteiger partial charge in [0, 0.05) is 0 Å². The Labute approximate surface area is 124 Å². The molecule has 0 aromatic heterocycles. The number of ether oxygens (including phenoxy) is 1. The molecule has 6 heteroatoms. The number of anilines is 1. The molecule has 2 rings (SSSR count). The summed E-state index contributed by atoms with van der Waals surface area (Å²) in [7, 11) is -2.16. The van der Waals surface area contributed by atoms with Crippen molar-refractivity contribution in [3.8, 4) is 11.5 Å². The molecule has 0 unspecified atom stereocenters. The van der Waals surface area contributed by atoms with Crippen LogP contribution in [-0.2, 0) is 10.0 Å². The van der Waals surface area contributed by atoms with Gasteiger partial charge in [-0.25, -0.2) is 13.1 Å². The van der Waals surface area contributed by atoms with Crippen molar-refractivity contribution in [2.45, 2.75) is 18.7 Å². The summed E-state index contributed by atoms with van der Waals surface area (Å²) in [4.78, 5) is 0.107. The first kappa shape index (κ1) is 15.3. The minimum absolute atomic E-state index is 0.107. The molecular formula is C15H18N2O3S. The minimum Gasteiger partial charge on any atom is -0.455 e. The van der Waals surface area contributed by atoms with E-state index in [1.54, 1.807) is 6.07 Å². The lowest BCUT2D eigenvalue weighted by Crippen LogP contribution is -2.18. The van der Waals surface area contributed by atoms with Crippen molar-refractivity contribution < 1.29 is 13.2 Å². The molecule has 3 N–H and O–H groups in total. The zero-order chi connectivity index (χ0) is 15.6. The van der Waals surface area contributed by atoms with Crippen LogP contribution in [0.1, 0.15) is 11.1 Å². The fraction of sp³-hybridized carbons (Fsp3) is 0.200. The third-order valence-electron chi connectivity index (χ3n) is 2.98. The maximum absolute atomic E-state index is 11.7. The van der Waals surface area contributed by atoms with Crippen LogP contribution >= 0.6 is 0 Å². The molecule has 0 bridgehead atoms. The Morgan fingerprint density at radius 3 is 2.19 bits per heavy atom. The molecule has 2 aromatic carbocycles. The van der Waals surface area contributed by atoms with Gasteiger partial charge in [0.15, 0.2) is 0 Å². The predicted molar refractivity (Wildman–Crippen MR) is 83.1 cm³/mol. The van der Waals surface area contributed by atoms with E-state index in [1.165, 1.54) is 19.2 Å². The highest BCUT2D eigenvalue weighted by atomic mass is 32.2. The van der Waals surface area contributed by atoms with E-state index in [2.05, 4.69) is 4.72 Å². The van der Waals surface area contributed by atoms with Crippen LogP contribution in [0.15, 0.2) is 41.3 Å². The molecule has 0 saturated carbocycles. The summed E-state index contributed by atoms with van der Waals surface area (Å²) in [5, 5.41) is 0. The topological polar surface area (TPSA) is 81.4 Å². The summed E-state index contributed by atoms with van der Waals surface area (Å²) in [6.07, 6.45) is 0. The zero-order valence-electron chi connectivity index (χ0n) is 12.2. The highest BCUT2D eigenvalue weighted by Gasteiger charge is 2.13. The van der Waals surface area contributed by atoms with Gasteiger partial charge in [0.2, 0.25) is 10.0 Å². The average molecular weight is 306 g/mol. The van der Waals surface area contributed by atoms with Crippen molar-refractivity contribution in [1.82, 2.24) is 4.72 Å². The van der Waals surface area contributed by atoms with E-state index in [4.69, 9.17) is 10.5 Å². The molecule has 0 saturated heterocycles. The Hall–Kier alpha value is -2.05. The van der Waals surface area contributed by atoms with Crippen molar-refractivity contribution in [1.29, 1.82) is 0 Å². The standard InChI is InChI=1S/C15H18N2O3S/c1-10-6-11(2)8-12(7-10)20-15-5-4-13(9-14(15)16)21(18,19)17-3/h4-9,17H,16H2,1-3H3. The van der Waals surface area contributed by atoms with Gasteiger partial charge < -0.3 is 10.5 Å². The number of sulfonamides is 1. The maximum atomic E-state index is 11.7. The fourth-order valence-corrected chi connectivity index (χ4v) is 2.79. The largest absolute Gasteiger partial charge is 0.455 e. The Morgan fingerprint density at radius 2 is 1.67 bits per heavy atom. The lowest BCUT2D eigenvalue weighted by Gasteiger charge is -2.11. The van der Waals surface area contributed by atoms with Gasteiger partial charge in [-0.15, -0.1) is 0 Å². The summed E-state index contributed by atoms with van der Waals surface area (Å²) < 4.78 is 31.4. The lowest BCUT2D eigenvalue weighted by atomic mass is 10.1. The third kappa shape index (κ3) is 3.53. The number of nitrogens with one attached hydrogen (secondary N) is 1. The van der Waals surface area contributed by atoms with Gasteiger partial charge >= 0.3 is 0 Å². The fourth-order valence-electron chi connectivity index (χ4n) is 2.02. The second-order valence-electron chi connectivity index (χ2n) is 4.83. The summed E-state index contributed by atoms with van der Waals surface area (Å²) in [5.41, 5.74) is 8.31. The first-order chi connectivity index (χ1) is 9.81. The van der Waals surface area contributed by atoms with Crippen LogP contribution in [0.2, 0.25) is 0 Å². The highest BCUT2D eigenvalue weighted by molar-refractivity contribution is 7.89. The van der Waals surface area contributed by atoms with Gasteiger partial charge in [-0.1, -0.05) is 6.07 Å². The minimum atomic E-state index is -3.51. The molecule has 112 valence electrons. The Morgan fingerprint density at radius 1 is 1.05 bits per heavy atom. The van der Waals surface area contributed by atoms with Crippen molar-refractivity contribution >= 4 is 15.7 Å². The molecule has 0 heterocycles. The molecule has 21 heavy (non-hydrogen) atoms. The molecule has 5 nitrogen and oxygen atoms in total. The van der Waals surface area contributed by atoms with Crippen molar-refractivity contribution in [3.63, 3.8) is 0 Å². The molecule has 0 aliphatic heterocycles. The van der Waals surface area contributed by atoms with Crippen LogP contribution in [0.4, 0.5) is 5.69 Å². The molecule has 0 amide bonds. The van der Waals surface area contributed by atoms with Gasteiger partial charge in [0.1, 0.15) is 11.5 Å². The Kier molecular flexibility index (Phi) is 4.20. The molecule has 0 radical (unpaired) electrons. The first-order valence-corrected chi connectivity index (χ1v) is 7.89. The van der Waals surface area contributed by atoms with E-state index in [9.17, 15) is 8.42 Å². The predicted octanol–water partition coefficient (Wildman–Crippen LogP) is 2.59. The quantitative estimate of drug-likeness (QED) is 0.851. The van der Waals surface area contributed by atoms with E-state index in [0.29, 0.717) is 11.5 Å². The SMILES string of the molecule is CNS(=O)(=O)c1ccc(Oc2cc(C)cc(C)c2)c(N)c1. The smallest absolute Gasteiger partial charge is 0.240 e. The number of rotatable bonds is 4. The van der Waals surface area contributed by atoms with Crippen LogP contribution in [0.25, 0.3) is 0 Å². The summed E-state index contributed by atoms with van der Waals surface area (Å²) in [6, 6.07) is 10.2. The van der Waals surface area contributed by atoms with Crippen molar-refractivity contribution in [2.24, 2.45) is 0 Å². The summed E-state index contributed by atoms with van der Waals surface area (Å²) >= 11 is 0. The second-order valence-corrected chi connectivity index (χ2v) is 6.72. The normalized spacial score (nSPS) is 11.4. The zero-order valence-corrected chi connectivity index (χ0v) is 13.0. The van der Waals surface area contributed by atoms with Crippen LogP contribution in [0.3, 0.4) is 0 Å². The number of hydrogen-bond donors (Lipinski definition) is 2. The van der Waals surface area contributed by atoms with Gasteiger partial charge in [0.05, 0.1) is 10.6 Å². The van der Waals surface area contributed by atoms with Gasteiger partial charge in [-0.05, 0) is 62.4 Å². The van der Waals surface area contributed by atoms with E-state index in [-0.39, 0.29) is 10.6 Å². The molecule has 0 fully saturated rings. The second kappa shape index (κ2) is 5.75. The molecule has 0 spiro atoms. The Balaban J connectivity index is 2.34. The number of aryl methyl sites for hydroxylation is 2. The van der Waals surface area contributed by atoms with Crippen LogP contribution in [0.5, 0.6) is 11.5 Å². The molecule has 2 aromatic rings. The Bertz CT molecular complexity index is 750. The maximum Gasteiger partial charge on any atom is 0.240 e.